The summed E-state index contributed by atoms with van der Waals surface area (Å²) in [6, 6.07) is 2.69. The number of methoxy groups -OCH3 is 2. The molecule has 0 bridgehead atoms. The van der Waals surface area contributed by atoms with Crippen LogP contribution in [0.15, 0.2) is 18.3 Å². The van der Waals surface area contributed by atoms with Gasteiger partial charge < -0.3 is 15.2 Å². The lowest BCUT2D eigenvalue weighted by atomic mass is 10.1. The molecular formula is C13H11ClF2N2O2. The van der Waals surface area contributed by atoms with Crippen molar-refractivity contribution in [3.63, 3.8) is 0 Å². The minimum Gasteiger partial charge on any atom is -0.493 e. The first-order chi connectivity index (χ1) is 9.51. The number of halogens is 3. The van der Waals surface area contributed by atoms with E-state index in [-0.39, 0.29) is 33.5 Å². The van der Waals surface area contributed by atoms with Gasteiger partial charge in [0.2, 0.25) is 0 Å². The Labute approximate surface area is 119 Å². The Kier molecular flexibility index (Phi) is 3.94. The highest BCUT2D eigenvalue weighted by Gasteiger charge is 2.21. The first-order valence-electron chi connectivity index (χ1n) is 5.51. The van der Waals surface area contributed by atoms with Gasteiger partial charge in [-0.3, -0.25) is 0 Å². The van der Waals surface area contributed by atoms with Gasteiger partial charge in [0.15, 0.2) is 23.1 Å². The van der Waals surface area contributed by atoms with Crippen LogP contribution in [0.1, 0.15) is 0 Å². The van der Waals surface area contributed by atoms with Crippen LogP contribution in [0, 0.1) is 11.6 Å². The quantitative estimate of drug-likeness (QED) is 0.945. The Balaban J connectivity index is 2.67. The summed E-state index contributed by atoms with van der Waals surface area (Å²) in [6.07, 6.45) is 1.22. The second kappa shape index (κ2) is 5.50. The number of anilines is 1. The molecule has 2 rings (SSSR count). The SMILES string of the molecule is COc1cnc(-c2ccc(Cl)c(OC)c2F)c(F)c1N. The van der Waals surface area contributed by atoms with Crippen LogP contribution in [0.25, 0.3) is 11.3 Å². The van der Waals surface area contributed by atoms with E-state index in [9.17, 15) is 8.78 Å². The van der Waals surface area contributed by atoms with Gasteiger partial charge in [-0.25, -0.2) is 13.8 Å². The fourth-order valence-electron chi connectivity index (χ4n) is 1.74. The van der Waals surface area contributed by atoms with E-state index in [1.165, 1.54) is 32.5 Å². The van der Waals surface area contributed by atoms with Gasteiger partial charge in [-0.05, 0) is 12.1 Å². The number of nitrogens with zero attached hydrogens (tertiary/aromatic N) is 1. The zero-order valence-electron chi connectivity index (χ0n) is 10.7. The summed E-state index contributed by atoms with van der Waals surface area (Å²) in [5, 5.41) is 0.0793. The topological polar surface area (TPSA) is 57.4 Å². The van der Waals surface area contributed by atoms with E-state index in [0.717, 1.165) is 0 Å². The molecule has 7 heteroatoms. The molecule has 0 saturated heterocycles. The van der Waals surface area contributed by atoms with Crippen molar-refractivity contribution in [2.75, 3.05) is 20.0 Å². The average molecular weight is 301 g/mol. The summed E-state index contributed by atoms with van der Waals surface area (Å²) >= 11 is 5.78. The molecule has 0 atom stereocenters. The molecule has 2 aromatic rings. The molecule has 0 radical (unpaired) electrons. The summed E-state index contributed by atoms with van der Waals surface area (Å²) in [7, 11) is 2.60. The molecule has 0 amide bonds. The van der Waals surface area contributed by atoms with Crippen LogP contribution < -0.4 is 15.2 Å². The molecule has 0 saturated carbocycles. The fraction of sp³-hybridized carbons (Fsp3) is 0.154. The third-order valence-electron chi connectivity index (χ3n) is 2.75. The van der Waals surface area contributed by atoms with Crippen LogP contribution >= 0.6 is 11.6 Å². The van der Waals surface area contributed by atoms with Gasteiger partial charge in [-0.2, -0.15) is 0 Å². The maximum absolute atomic E-state index is 14.2. The normalized spacial score (nSPS) is 10.4. The number of benzene rings is 1. The van der Waals surface area contributed by atoms with Crippen LogP contribution in [0.4, 0.5) is 14.5 Å². The van der Waals surface area contributed by atoms with Gasteiger partial charge in [0.05, 0.1) is 25.4 Å². The zero-order chi connectivity index (χ0) is 14.9. The van der Waals surface area contributed by atoms with Crippen molar-refractivity contribution >= 4 is 17.3 Å². The zero-order valence-corrected chi connectivity index (χ0v) is 11.5. The second-order valence-electron chi connectivity index (χ2n) is 3.85. The highest BCUT2D eigenvalue weighted by atomic mass is 35.5. The molecule has 20 heavy (non-hydrogen) atoms. The molecular weight excluding hydrogens is 290 g/mol. The summed E-state index contributed by atoms with van der Waals surface area (Å²) < 4.78 is 38.1. The lowest BCUT2D eigenvalue weighted by Crippen LogP contribution is -2.02. The van der Waals surface area contributed by atoms with Gasteiger partial charge >= 0.3 is 0 Å². The predicted molar refractivity (Wildman–Crippen MR) is 72.1 cm³/mol. The van der Waals surface area contributed by atoms with Crippen molar-refractivity contribution in [3.05, 3.63) is 35.0 Å². The number of ether oxygens (including phenoxy) is 2. The van der Waals surface area contributed by atoms with E-state index in [1.54, 1.807) is 0 Å². The van der Waals surface area contributed by atoms with E-state index in [0.29, 0.717) is 0 Å². The number of nitrogens with two attached hydrogens (primary N) is 1. The Morgan fingerprint density at radius 1 is 1.15 bits per heavy atom. The summed E-state index contributed by atoms with van der Waals surface area (Å²) in [4.78, 5) is 3.83. The molecule has 1 aromatic carbocycles. The lowest BCUT2D eigenvalue weighted by Gasteiger charge is -2.11. The van der Waals surface area contributed by atoms with E-state index in [2.05, 4.69) is 4.98 Å². The maximum atomic E-state index is 14.2. The molecule has 1 heterocycles. The number of aromatic nitrogens is 1. The lowest BCUT2D eigenvalue weighted by molar-refractivity contribution is 0.387. The summed E-state index contributed by atoms with van der Waals surface area (Å²) in [5.41, 5.74) is 4.98. The highest BCUT2D eigenvalue weighted by Crippen LogP contribution is 2.37. The monoisotopic (exact) mass is 300 g/mol. The molecule has 2 N–H and O–H groups in total. The van der Waals surface area contributed by atoms with Crippen LogP contribution in [-0.4, -0.2) is 19.2 Å². The molecule has 0 aliphatic carbocycles. The van der Waals surface area contributed by atoms with Crippen molar-refractivity contribution in [1.82, 2.24) is 4.98 Å². The van der Waals surface area contributed by atoms with Crippen molar-refractivity contribution in [1.29, 1.82) is 0 Å². The first-order valence-corrected chi connectivity index (χ1v) is 5.89. The molecule has 0 aliphatic heterocycles. The minimum absolute atomic E-state index is 0.0765. The van der Waals surface area contributed by atoms with Gasteiger partial charge in [0, 0.05) is 5.56 Å². The van der Waals surface area contributed by atoms with E-state index in [1.807, 2.05) is 0 Å². The number of rotatable bonds is 3. The van der Waals surface area contributed by atoms with Gasteiger partial charge in [-0.1, -0.05) is 11.6 Å². The highest BCUT2D eigenvalue weighted by molar-refractivity contribution is 6.32. The number of hydrogen-bond acceptors (Lipinski definition) is 4. The minimum atomic E-state index is -0.868. The molecule has 106 valence electrons. The van der Waals surface area contributed by atoms with Crippen molar-refractivity contribution in [3.8, 4) is 22.8 Å². The Bertz CT molecular complexity index is 665. The van der Waals surface area contributed by atoms with Crippen LogP contribution in [0.3, 0.4) is 0 Å². The number of pyridine rings is 1. The number of hydrogen-bond donors (Lipinski definition) is 1. The van der Waals surface area contributed by atoms with Crippen molar-refractivity contribution in [2.45, 2.75) is 0 Å². The van der Waals surface area contributed by atoms with Gasteiger partial charge in [0.25, 0.3) is 0 Å². The van der Waals surface area contributed by atoms with Crippen molar-refractivity contribution < 1.29 is 18.3 Å². The molecule has 0 unspecified atom stereocenters. The molecule has 0 spiro atoms. The standard InChI is InChI=1S/C13H11ClF2N2O2/c1-19-8-5-18-12(10(16)11(8)17)6-3-4-7(14)13(20-2)9(6)15/h3-5H,1-2H3,(H2,17,18). The van der Waals surface area contributed by atoms with Crippen molar-refractivity contribution in [2.24, 2.45) is 0 Å². The van der Waals surface area contributed by atoms with E-state index < -0.39 is 11.6 Å². The molecule has 4 nitrogen and oxygen atoms in total. The molecule has 1 aromatic heterocycles. The van der Waals surface area contributed by atoms with E-state index >= 15 is 0 Å². The third-order valence-corrected chi connectivity index (χ3v) is 3.05. The van der Waals surface area contributed by atoms with Crippen LogP contribution in [0.2, 0.25) is 5.02 Å². The Morgan fingerprint density at radius 2 is 1.85 bits per heavy atom. The van der Waals surface area contributed by atoms with Gasteiger partial charge in [-0.15, -0.1) is 0 Å². The Morgan fingerprint density at radius 3 is 2.45 bits per heavy atom. The fourth-order valence-corrected chi connectivity index (χ4v) is 1.96. The largest absolute Gasteiger partial charge is 0.493 e. The second-order valence-corrected chi connectivity index (χ2v) is 4.25. The van der Waals surface area contributed by atoms with Gasteiger partial charge in [0.1, 0.15) is 11.4 Å². The number of nitrogen functional groups attached to an aromatic ring is 1. The summed E-state index contributed by atoms with van der Waals surface area (Å²) in [6.45, 7) is 0. The third kappa shape index (κ3) is 2.22. The van der Waals surface area contributed by atoms with E-state index in [4.69, 9.17) is 26.8 Å². The Hall–Kier alpha value is -2.08. The summed E-state index contributed by atoms with van der Waals surface area (Å²) in [5.74, 6) is -1.78. The smallest absolute Gasteiger partial charge is 0.176 e. The predicted octanol–water partition coefficient (Wildman–Crippen LogP) is 3.28. The first kappa shape index (κ1) is 14.3. The van der Waals surface area contributed by atoms with Crippen LogP contribution in [0.5, 0.6) is 11.5 Å². The molecule has 0 fully saturated rings. The van der Waals surface area contributed by atoms with Crippen LogP contribution in [-0.2, 0) is 0 Å². The maximum Gasteiger partial charge on any atom is 0.176 e. The average Bonchev–Trinajstić information content (AvgIpc) is 2.43. The molecule has 0 aliphatic rings.